The van der Waals surface area contributed by atoms with Gasteiger partial charge in [0, 0.05) is 18.2 Å². The molecule has 2 rings (SSSR count). The molecule has 1 fully saturated rings. The molecule has 17 heavy (non-hydrogen) atoms. The lowest BCUT2D eigenvalue weighted by Crippen LogP contribution is -2.35. The average Bonchev–Trinajstić information content (AvgIpc) is 2.39. The predicted octanol–water partition coefficient (Wildman–Crippen LogP) is 2.71. The molecule has 0 aliphatic heterocycles. The molecular weight excluding hydrogens is 212 g/mol. The second kappa shape index (κ2) is 5.50. The standard InChI is InChI=1S/C14H22N2O/c1-3-10-6-7-12(15)11(9-10)14-13(17-2)5-4-8-16-14/h4-5,8,10-12H,3,6-7,9,15H2,1-2H3. The Bertz CT molecular complexity index is 367. The topological polar surface area (TPSA) is 48.1 Å². The highest BCUT2D eigenvalue weighted by atomic mass is 16.5. The van der Waals surface area contributed by atoms with E-state index in [1.54, 1.807) is 7.11 Å². The first-order valence-electron chi connectivity index (χ1n) is 6.50. The molecular formula is C14H22N2O. The smallest absolute Gasteiger partial charge is 0.140 e. The van der Waals surface area contributed by atoms with Gasteiger partial charge in [0.1, 0.15) is 5.75 Å². The summed E-state index contributed by atoms with van der Waals surface area (Å²) in [5.41, 5.74) is 7.30. The molecule has 1 aliphatic carbocycles. The molecule has 1 saturated carbocycles. The van der Waals surface area contributed by atoms with Crippen LogP contribution in [0.5, 0.6) is 5.75 Å². The van der Waals surface area contributed by atoms with Gasteiger partial charge in [-0.3, -0.25) is 4.98 Å². The van der Waals surface area contributed by atoms with E-state index in [9.17, 15) is 0 Å². The Morgan fingerprint density at radius 2 is 2.29 bits per heavy atom. The van der Waals surface area contributed by atoms with Crippen molar-refractivity contribution in [2.45, 2.75) is 44.6 Å². The number of methoxy groups -OCH3 is 1. The lowest BCUT2D eigenvalue weighted by Gasteiger charge is -2.33. The Labute approximate surface area is 103 Å². The van der Waals surface area contributed by atoms with Crippen LogP contribution < -0.4 is 10.5 Å². The summed E-state index contributed by atoms with van der Waals surface area (Å²) in [6.45, 7) is 2.26. The van der Waals surface area contributed by atoms with Gasteiger partial charge in [-0.1, -0.05) is 13.3 Å². The molecule has 1 heterocycles. The summed E-state index contributed by atoms with van der Waals surface area (Å²) >= 11 is 0. The first-order valence-corrected chi connectivity index (χ1v) is 6.50. The lowest BCUT2D eigenvalue weighted by atomic mass is 9.75. The Morgan fingerprint density at radius 3 is 3.00 bits per heavy atom. The maximum atomic E-state index is 6.26. The van der Waals surface area contributed by atoms with Gasteiger partial charge >= 0.3 is 0 Å². The molecule has 0 amide bonds. The van der Waals surface area contributed by atoms with Crippen LogP contribution in [0, 0.1) is 5.92 Å². The fourth-order valence-electron chi connectivity index (χ4n) is 2.82. The van der Waals surface area contributed by atoms with Crippen LogP contribution in [0.15, 0.2) is 18.3 Å². The summed E-state index contributed by atoms with van der Waals surface area (Å²) < 4.78 is 5.40. The van der Waals surface area contributed by atoms with Crippen LogP contribution in [0.2, 0.25) is 0 Å². The molecule has 0 saturated heterocycles. The number of pyridine rings is 1. The molecule has 0 radical (unpaired) electrons. The first kappa shape index (κ1) is 12.4. The quantitative estimate of drug-likeness (QED) is 0.874. The Balaban J connectivity index is 2.24. The summed E-state index contributed by atoms with van der Waals surface area (Å²) in [4.78, 5) is 4.49. The van der Waals surface area contributed by atoms with Crippen molar-refractivity contribution < 1.29 is 4.74 Å². The lowest BCUT2D eigenvalue weighted by molar-refractivity contribution is 0.273. The zero-order valence-electron chi connectivity index (χ0n) is 10.7. The van der Waals surface area contributed by atoms with Crippen molar-refractivity contribution in [3.8, 4) is 5.75 Å². The van der Waals surface area contributed by atoms with E-state index in [-0.39, 0.29) is 6.04 Å². The Morgan fingerprint density at radius 1 is 1.47 bits per heavy atom. The van der Waals surface area contributed by atoms with Crippen LogP contribution in [0.4, 0.5) is 0 Å². The monoisotopic (exact) mass is 234 g/mol. The molecule has 1 aromatic rings. The van der Waals surface area contributed by atoms with Crippen LogP contribution in [0.3, 0.4) is 0 Å². The van der Waals surface area contributed by atoms with Crippen LogP contribution in [0.1, 0.15) is 44.2 Å². The van der Waals surface area contributed by atoms with E-state index in [1.807, 2.05) is 18.3 Å². The molecule has 3 heteroatoms. The van der Waals surface area contributed by atoms with Crippen LogP contribution in [-0.2, 0) is 0 Å². The van der Waals surface area contributed by atoms with E-state index >= 15 is 0 Å². The van der Waals surface area contributed by atoms with E-state index < -0.39 is 0 Å². The third-order valence-electron chi connectivity index (χ3n) is 3.96. The van der Waals surface area contributed by atoms with Gasteiger partial charge < -0.3 is 10.5 Å². The molecule has 1 aromatic heterocycles. The van der Waals surface area contributed by atoms with Crippen molar-refractivity contribution in [1.82, 2.24) is 4.98 Å². The van der Waals surface area contributed by atoms with Gasteiger partial charge in [0.2, 0.25) is 0 Å². The van der Waals surface area contributed by atoms with Crippen molar-refractivity contribution in [2.75, 3.05) is 7.11 Å². The SMILES string of the molecule is CCC1CCC(N)C(c2ncccc2OC)C1. The van der Waals surface area contributed by atoms with Gasteiger partial charge in [-0.2, -0.15) is 0 Å². The van der Waals surface area contributed by atoms with E-state index in [4.69, 9.17) is 10.5 Å². The zero-order chi connectivity index (χ0) is 12.3. The van der Waals surface area contributed by atoms with Crippen molar-refractivity contribution >= 4 is 0 Å². The van der Waals surface area contributed by atoms with Crippen molar-refractivity contribution in [3.63, 3.8) is 0 Å². The second-order valence-electron chi connectivity index (χ2n) is 4.95. The minimum atomic E-state index is 0.224. The zero-order valence-corrected chi connectivity index (χ0v) is 10.7. The molecule has 94 valence electrons. The fraction of sp³-hybridized carbons (Fsp3) is 0.643. The average molecular weight is 234 g/mol. The number of nitrogens with zero attached hydrogens (tertiary/aromatic N) is 1. The molecule has 0 aromatic carbocycles. The molecule has 3 unspecified atom stereocenters. The molecule has 2 N–H and O–H groups in total. The minimum Gasteiger partial charge on any atom is -0.495 e. The third-order valence-corrected chi connectivity index (χ3v) is 3.96. The number of hydrogen-bond acceptors (Lipinski definition) is 3. The van der Waals surface area contributed by atoms with E-state index in [0.29, 0.717) is 5.92 Å². The molecule has 3 nitrogen and oxygen atoms in total. The van der Waals surface area contributed by atoms with Crippen molar-refractivity contribution in [1.29, 1.82) is 0 Å². The number of ether oxygens (including phenoxy) is 1. The number of rotatable bonds is 3. The molecule has 0 bridgehead atoms. The summed E-state index contributed by atoms with van der Waals surface area (Å²) in [6, 6.07) is 4.11. The highest BCUT2D eigenvalue weighted by Gasteiger charge is 2.31. The van der Waals surface area contributed by atoms with Crippen LogP contribution in [-0.4, -0.2) is 18.1 Å². The van der Waals surface area contributed by atoms with Gasteiger partial charge in [-0.25, -0.2) is 0 Å². The summed E-state index contributed by atoms with van der Waals surface area (Å²) in [5, 5.41) is 0. The Kier molecular flexibility index (Phi) is 4.00. The van der Waals surface area contributed by atoms with E-state index in [2.05, 4.69) is 11.9 Å². The summed E-state index contributed by atoms with van der Waals surface area (Å²) in [5.74, 6) is 2.01. The molecule has 3 atom stereocenters. The number of nitrogens with two attached hydrogens (primary N) is 1. The first-order chi connectivity index (χ1) is 8.26. The maximum Gasteiger partial charge on any atom is 0.140 e. The highest BCUT2D eigenvalue weighted by Crippen LogP contribution is 2.39. The summed E-state index contributed by atoms with van der Waals surface area (Å²) in [6.07, 6.45) is 6.57. The maximum absolute atomic E-state index is 6.26. The number of aromatic nitrogens is 1. The fourth-order valence-corrected chi connectivity index (χ4v) is 2.82. The highest BCUT2D eigenvalue weighted by molar-refractivity contribution is 5.31. The predicted molar refractivity (Wildman–Crippen MR) is 69.1 cm³/mol. The van der Waals surface area contributed by atoms with E-state index in [0.717, 1.165) is 30.2 Å². The van der Waals surface area contributed by atoms with Gasteiger partial charge in [0.05, 0.1) is 12.8 Å². The van der Waals surface area contributed by atoms with Gasteiger partial charge in [0.15, 0.2) is 0 Å². The van der Waals surface area contributed by atoms with Crippen molar-refractivity contribution in [3.05, 3.63) is 24.0 Å². The van der Waals surface area contributed by atoms with Crippen LogP contribution in [0.25, 0.3) is 0 Å². The molecule has 1 aliphatic rings. The number of hydrogen-bond donors (Lipinski definition) is 1. The van der Waals surface area contributed by atoms with Crippen molar-refractivity contribution in [2.24, 2.45) is 11.7 Å². The minimum absolute atomic E-state index is 0.224. The summed E-state index contributed by atoms with van der Waals surface area (Å²) in [7, 11) is 1.70. The Hall–Kier alpha value is -1.09. The van der Waals surface area contributed by atoms with Crippen LogP contribution >= 0.6 is 0 Å². The van der Waals surface area contributed by atoms with Gasteiger partial charge in [-0.05, 0) is 37.3 Å². The third kappa shape index (κ3) is 2.60. The second-order valence-corrected chi connectivity index (χ2v) is 4.95. The van der Waals surface area contributed by atoms with E-state index in [1.165, 1.54) is 12.8 Å². The molecule has 0 spiro atoms. The van der Waals surface area contributed by atoms with Gasteiger partial charge in [-0.15, -0.1) is 0 Å². The largest absolute Gasteiger partial charge is 0.495 e. The van der Waals surface area contributed by atoms with Gasteiger partial charge in [0.25, 0.3) is 0 Å². The normalized spacial score (nSPS) is 29.0.